The predicted octanol–water partition coefficient (Wildman–Crippen LogP) is 2.76. The number of thiophene rings is 1. The maximum Gasteiger partial charge on any atom is 0.252 e. The molecule has 0 saturated heterocycles. The largest absolute Gasteiger partial charge is 0.349 e. The molecule has 100 valence electrons. The molecule has 0 bridgehead atoms. The maximum absolute atomic E-state index is 12.4. The topological polar surface area (TPSA) is 55.1 Å². The van der Waals surface area contributed by atoms with E-state index in [-0.39, 0.29) is 11.9 Å². The van der Waals surface area contributed by atoms with Gasteiger partial charge in [-0.25, -0.2) is 0 Å². The van der Waals surface area contributed by atoms with Crippen molar-refractivity contribution < 1.29 is 4.79 Å². The van der Waals surface area contributed by atoms with Gasteiger partial charge in [-0.2, -0.15) is 0 Å². The van der Waals surface area contributed by atoms with Crippen molar-refractivity contribution >= 4 is 27.3 Å². The Morgan fingerprint density at radius 2 is 2.21 bits per heavy atom. The molecule has 2 unspecified atom stereocenters. The first-order valence-corrected chi connectivity index (χ1v) is 7.64. The number of fused-ring (bicyclic) bond motifs is 1. The Morgan fingerprint density at radius 1 is 1.37 bits per heavy atom. The number of carbonyl (C=O) groups excluding carboxylic acids is 1. The van der Waals surface area contributed by atoms with Crippen molar-refractivity contribution in [1.82, 2.24) is 5.32 Å². The van der Waals surface area contributed by atoms with Crippen LogP contribution in [-0.2, 0) is 0 Å². The average molecular weight is 274 g/mol. The van der Waals surface area contributed by atoms with Crippen LogP contribution < -0.4 is 11.1 Å². The van der Waals surface area contributed by atoms with Gasteiger partial charge in [-0.3, -0.25) is 4.79 Å². The van der Waals surface area contributed by atoms with E-state index < -0.39 is 0 Å². The highest BCUT2D eigenvalue weighted by molar-refractivity contribution is 7.17. The Labute approximate surface area is 116 Å². The molecular weight excluding hydrogens is 256 g/mol. The third kappa shape index (κ3) is 2.38. The molecule has 1 aliphatic carbocycles. The second kappa shape index (κ2) is 5.31. The number of hydrogen-bond acceptors (Lipinski definition) is 3. The lowest BCUT2D eigenvalue weighted by atomic mass is 10.0. The van der Waals surface area contributed by atoms with Crippen LogP contribution in [0.4, 0.5) is 0 Å². The number of benzene rings is 1. The minimum absolute atomic E-state index is 0.0443. The number of nitrogens with one attached hydrogen (secondary N) is 1. The van der Waals surface area contributed by atoms with E-state index in [1.54, 1.807) is 11.3 Å². The minimum Gasteiger partial charge on any atom is -0.349 e. The van der Waals surface area contributed by atoms with Crippen molar-refractivity contribution in [2.75, 3.05) is 6.54 Å². The van der Waals surface area contributed by atoms with Gasteiger partial charge in [-0.05, 0) is 31.4 Å². The van der Waals surface area contributed by atoms with Crippen LogP contribution in [0.3, 0.4) is 0 Å². The van der Waals surface area contributed by atoms with E-state index in [9.17, 15) is 4.79 Å². The first kappa shape index (κ1) is 12.6. The molecule has 1 aliphatic rings. The summed E-state index contributed by atoms with van der Waals surface area (Å²) in [7, 11) is 0. The van der Waals surface area contributed by atoms with Crippen molar-refractivity contribution in [1.29, 1.82) is 0 Å². The summed E-state index contributed by atoms with van der Waals surface area (Å²) >= 11 is 1.62. The molecule has 1 aromatic heterocycles. The number of amides is 1. The van der Waals surface area contributed by atoms with Crippen LogP contribution >= 0.6 is 11.3 Å². The normalized spacial score (nSPS) is 22.8. The molecule has 1 heterocycles. The molecule has 2 atom stereocenters. The zero-order valence-electron chi connectivity index (χ0n) is 10.8. The summed E-state index contributed by atoms with van der Waals surface area (Å²) in [5.74, 6) is 0.483. The van der Waals surface area contributed by atoms with Crippen molar-refractivity contribution in [2.45, 2.75) is 25.3 Å². The van der Waals surface area contributed by atoms with E-state index in [2.05, 4.69) is 11.4 Å². The molecule has 0 radical (unpaired) electrons. The van der Waals surface area contributed by atoms with Crippen molar-refractivity contribution in [3.05, 3.63) is 35.2 Å². The maximum atomic E-state index is 12.4. The summed E-state index contributed by atoms with van der Waals surface area (Å²) in [6.07, 6.45) is 3.35. The molecule has 0 aliphatic heterocycles. The lowest BCUT2D eigenvalue weighted by Crippen LogP contribution is -2.39. The van der Waals surface area contributed by atoms with E-state index in [4.69, 9.17) is 5.73 Å². The highest BCUT2D eigenvalue weighted by Crippen LogP contribution is 2.28. The smallest absolute Gasteiger partial charge is 0.252 e. The zero-order valence-corrected chi connectivity index (χ0v) is 11.6. The SMILES string of the molecule is NCC1CCCC1NC(=O)c1csc2ccccc12. The quantitative estimate of drug-likeness (QED) is 0.904. The fraction of sp³-hybridized carbons (Fsp3) is 0.400. The number of rotatable bonds is 3. The van der Waals surface area contributed by atoms with Crippen molar-refractivity contribution in [2.24, 2.45) is 11.7 Å². The first-order valence-electron chi connectivity index (χ1n) is 6.76. The van der Waals surface area contributed by atoms with Gasteiger partial charge in [0.25, 0.3) is 5.91 Å². The second-order valence-electron chi connectivity index (χ2n) is 5.15. The molecule has 4 heteroatoms. The summed E-state index contributed by atoms with van der Waals surface area (Å²) in [4.78, 5) is 12.4. The van der Waals surface area contributed by atoms with Gasteiger partial charge in [0.15, 0.2) is 0 Å². The monoisotopic (exact) mass is 274 g/mol. The summed E-state index contributed by atoms with van der Waals surface area (Å²) in [5.41, 5.74) is 6.55. The highest BCUT2D eigenvalue weighted by atomic mass is 32.1. The van der Waals surface area contributed by atoms with Crippen LogP contribution in [0, 0.1) is 5.92 Å². The Balaban J connectivity index is 1.80. The van der Waals surface area contributed by atoms with Gasteiger partial charge in [0.2, 0.25) is 0 Å². The van der Waals surface area contributed by atoms with Gasteiger partial charge in [0, 0.05) is 21.5 Å². The van der Waals surface area contributed by atoms with Crippen LogP contribution in [-0.4, -0.2) is 18.5 Å². The van der Waals surface area contributed by atoms with E-state index in [0.717, 1.165) is 34.9 Å². The summed E-state index contributed by atoms with van der Waals surface area (Å²) < 4.78 is 1.16. The molecular formula is C15H18N2OS. The van der Waals surface area contributed by atoms with Crippen LogP contribution in [0.1, 0.15) is 29.6 Å². The van der Waals surface area contributed by atoms with Crippen LogP contribution in [0.5, 0.6) is 0 Å². The molecule has 1 amide bonds. The highest BCUT2D eigenvalue weighted by Gasteiger charge is 2.28. The Kier molecular flexibility index (Phi) is 3.53. The Morgan fingerprint density at radius 3 is 3.05 bits per heavy atom. The fourth-order valence-electron chi connectivity index (χ4n) is 2.91. The third-order valence-corrected chi connectivity index (χ3v) is 4.97. The first-order chi connectivity index (χ1) is 9.29. The van der Waals surface area contributed by atoms with Crippen molar-refractivity contribution in [3.63, 3.8) is 0 Å². The zero-order chi connectivity index (χ0) is 13.2. The molecule has 0 spiro atoms. The Bertz CT molecular complexity index is 593. The van der Waals surface area contributed by atoms with Gasteiger partial charge >= 0.3 is 0 Å². The molecule has 1 fully saturated rings. The predicted molar refractivity (Wildman–Crippen MR) is 79.5 cm³/mol. The van der Waals surface area contributed by atoms with E-state index >= 15 is 0 Å². The van der Waals surface area contributed by atoms with Gasteiger partial charge < -0.3 is 11.1 Å². The van der Waals surface area contributed by atoms with E-state index in [1.807, 2.05) is 23.6 Å². The standard InChI is InChI=1S/C15H18N2OS/c16-8-10-4-3-6-13(10)17-15(18)12-9-19-14-7-2-1-5-11(12)14/h1-2,5,7,9-10,13H,3-4,6,8,16H2,(H,17,18). The fourth-order valence-corrected chi connectivity index (χ4v) is 3.85. The van der Waals surface area contributed by atoms with E-state index in [1.165, 1.54) is 0 Å². The summed E-state index contributed by atoms with van der Waals surface area (Å²) in [6.45, 7) is 0.662. The van der Waals surface area contributed by atoms with Crippen LogP contribution in [0.25, 0.3) is 10.1 Å². The number of nitrogens with two attached hydrogens (primary N) is 1. The van der Waals surface area contributed by atoms with Gasteiger partial charge in [0.05, 0.1) is 5.56 Å². The van der Waals surface area contributed by atoms with E-state index in [0.29, 0.717) is 12.5 Å². The average Bonchev–Trinajstić information content (AvgIpc) is 3.04. The minimum atomic E-state index is 0.0443. The van der Waals surface area contributed by atoms with Crippen molar-refractivity contribution in [3.8, 4) is 0 Å². The molecule has 3 nitrogen and oxygen atoms in total. The molecule has 3 N–H and O–H groups in total. The lowest BCUT2D eigenvalue weighted by molar-refractivity contribution is 0.0931. The molecule has 19 heavy (non-hydrogen) atoms. The molecule has 3 rings (SSSR count). The van der Waals surface area contributed by atoms with Crippen LogP contribution in [0.15, 0.2) is 29.6 Å². The van der Waals surface area contributed by atoms with Gasteiger partial charge in [-0.1, -0.05) is 24.6 Å². The number of hydrogen-bond donors (Lipinski definition) is 2. The van der Waals surface area contributed by atoms with Gasteiger partial charge in [0.1, 0.15) is 0 Å². The van der Waals surface area contributed by atoms with Crippen LogP contribution in [0.2, 0.25) is 0 Å². The Hall–Kier alpha value is -1.39. The molecule has 1 saturated carbocycles. The number of carbonyl (C=O) groups is 1. The second-order valence-corrected chi connectivity index (χ2v) is 6.06. The summed E-state index contributed by atoms with van der Waals surface area (Å²) in [6, 6.07) is 8.29. The molecule has 1 aromatic carbocycles. The van der Waals surface area contributed by atoms with Gasteiger partial charge in [-0.15, -0.1) is 11.3 Å². The molecule has 2 aromatic rings. The third-order valence-electron chi connectivity index (χ3n) is 4.00. The lowest BCUT2D eigenvalue weighted by Gasteiger charge is -2.19. The summed E-state index contributed by atoms with van der Waals surface area (Å²) in [5, 5.41) is 6.16.